The maximum Gasteiger partial charge on any atom is 0.257 e. The normalized spacial score (nSPS) is 13.2. The average molecular weight is 520 g/mol. The minimum absolute atomic E-state index is 0. The van der Waals surface area contributed by atoms with E-state index in [0.717, 1.165) is 23.2 Å². The van der Waals surface area contributed by atoms with Gasteiger partial charge in [0.1, 0.15) is 11.9 Å². The fourth-order valence-corrected chi connectivity index (χ4v) is 4.12. The van der Waals surface area contributed by atoms with Crippen LogP contribution in [-0.4, -0.2) is 17.5 Å². The highest BCUT2D eigenvalue weighted by atomic mass is 79.9. The molecule has 6 heteroatoms. The standard InChI is InChI=1S/C23H24BrN2O2.BrH/c1-28-20-12-8-18(9-13-20)22(27)16-25-15-21(17-6-10-19(24)11-7-17)26-14-4-2-3-5-23(25)26;/h6-13,15H,2-5,14,16H2,1H3;1H/q+1;/p-1. The Labute approximate surface area is 190 Å². The molecule has 0 saturated heterocycles. The van der Waals surface area contributed by atoms with Crippen LogP contribution in [0.15, 0.2) is 59.2 Å². The van der Waals surface area contributed by atoms with Crippen LogP contribution in [0.1, 0.15) is 35.4 Å². The first-order valence-electron chi connectivity index (χ1n) is 9.71. The zero-order chi connectivity index (χ0) is 19.5. The van der Waals surface area contributed by atoms with Crippen LogP contribution in [0.3, 0.4) is 0 Å². The van der Waals surface area contributed by atoms with Crippen LogP contribution in [-0.2, 0) is 19.5 Å². The lowest BCUT2D eigenvalue weighted by atomic mass is 10.1. The number of hydrogen-bond donors (Lipinski definition) is 0. The summed E-state index contributed by atoms with van der Waals surface area (Å²) in [5, 5.41) is 0. The van der Waals surface area contributed by atoms with Crippen molar-refractivity contribution in [3.8, 4) is 17.0 Å². The molecule has 29 heavy (non-hydrogen) atoms. The van der Waals surface area contributed by atoms with E-state index in [1.54, 1.807) is 7.11 Å². The summed E-state index contributed by atoms with van der Waals surface area (Å²) >= 11 is 3.51. The Morgan fingerprint density at radius 1 is 1.07 bits per heavy atom. The quantitative estimate of drug-likeness (QED) is 0.381. The summed E-state index contributed by atoms with van der Waals surface area (Å²) in [4.78, 5) is 12.9. The van der Waals surface area contributed by atoms with Gasteiger partial charge in [0.15, 0.2) is 12.2 Å². The molecule has 0 fully saturated rings. The Bertz CT molecular complexity index is 979. The molecule has 0 aliphatic carbocycles. The van der Waals surface area contributed by atoms with Gasteiger partial charge >= 0.3 is 0 Å². The molecule has 4 nitrogen and oxygen atoms in total. The number of nitrogens with zero attached hydrogens (tertiary/aromatic N) is 2. The molecule has 0 saturated carbocycles. The third-order valence-corrected chi connectivity index (χ3v) is 5.89. The van der Waals surface area contributed by atoms with Gasteiger partial charge in [0, 0.05) is 22.0 Å². The second-order valence-electron chi connectivity index (χ2n) is 7.18. The van der Waals surface area contributed by atoms with E-state index >= 15 is 0 Å². The van der Waals surface area contributed by atoms with Gasteiger partial charge in [0.05, 0.1) is 13.7 Å². The van der Waals surface area contributed by atoms with Crippen molar-refractivity contribution in [3.63, 3.8) is 0 Å². The lowest BCUT2D eigenvalue weighted by Crippen LogP contribution is -3.00. The van der Waals surface area contributed by atoms with Gasteiger partial charge in [-0.05, 0) is 67.8 Å². The van der Waals surface area contributed by atoms with Crippen molar-refractivity contribution in [3.05, 3.63) is 70.6 Å². The number of hydrogen-bond acceptors (Lipinski definition) is 2. The number of ether oxygens (including phenoxy) is 1. The largest absolute Gasteiger partial charge is 1.00 e. The highest BCUT2D eigenvalue weighted by molar-refractivity contribution is 9.10. The molecule has 1 aromatic heterocycles. The minimum Gasteiger partial charge on any atom is -1.00 e. The number of aromatic nitrogens is 2. The number of carbonyl (C=O) groups is 1. The Morgan fingerprint density at radius 2 is 1.79 bits per heavy atom. The highest BCUT2D eigenvalue weighted by Gasteiger charge is 2.27. The monoisotopic (exact) mass is 518 g/mol. The smallest absolute Gasteiger partial charge is 0.257 e. The fourth-order valence-electron chi connectivity index (χ4n) is 3.85. The molecular weight excluding hydrogens is 496 g/mol. The molecule has 2 heterocycles. The van der Waals surface area contributed by atoms with Gasteiger partial charge in [0.25, 0.3) is 5.82 Å². The van der Waals surface area contributed by atoms with Crippen LogP contribution in [0.4, 0.5) is 0 Å². The second kappa shape index (κ2) is 9.72. The van der Waals surface area contributed by atoms with Crippen LogP contribution < -0.4 is 26.3 Å². The molecule has 2 aromatic carbocycles. The SMILES string of the molecule is COc1ccc(C(=O)C[n+]2cc(-c3ccc(Br)cc3)n3c2CCCCC3)cc1.[Br-]. The van der Waals surface area contributed by atoms with E-state index in [1.165, 1.54) is 36.3 Å². The number of rotatable bonds is 5. The summed E-state index contributed by atoms with van der Waals surface area (Å²) < 4.78 is 10.8. The van der Waals surface area contributed by atoms with Crippen molar-refractivity contribution in [1.29, 1.82) is 0 Å². The van der Waals surface area contributed by atoms with E-state index in [2.05, 4.69) is 55.5 Å². The Balaban J connectivity index is 0.00000240. The molecule has 1 aliphatic rings. The van der Waals surface area contributed by atoms with E-state index in [1.807, 2.05) is 24.3 Å². The second-order valence-corrected chi connectivity index (χ2v) is 8.10. The van der Waals surface area contributed by atoms with E-state index in [9.17, 15) is 4.79 Å². The number of imidazole rings is 1. The molecular formula is C23H24Br2N2O2. The molecule has 4 rings (SSSR count). The molecule has 0 radical (unpaired) electrons. The van der Waals surface area contributed by atoms with E-state index < -0.39 is 0 Å². The maximum absolute atomic E-state index is 12.9. The summed E-state index contributed by atoms with van der Waals surface area (Å²) in [5.74, 6) is 2.13. The number of fused-ring (bicyclic) bond motifs is 1. The molecule has 0 N–H and O–H groups in total. The number of methoxy groups -OCH3 is 1. The fraction of sp³-hybridized carbons (Fsp3) is 0.304. The van der Waals surface area contributed by atoms with Gasteiger partial charge in [-0.3, -0.25) is 4.79 Å². The number of Topliss-reactive ketones (excluding diaryl/α,β-unsaturated/α-hetero) is 1. The van der Waals surface area contributed by atoms with Crippen LogP contribution in [0.2, 0.25) is 0 Å². The minimum atomic E-state index is 0. The predicted octanol–water partition coefficient (Wildman–Crippen LogP) is 1.83. The molecule has 1 aliphatic heterocycles. The number of ketones is 1. The summed E-state index contributed by atoms with van der Waals surface area (Å²) in [6.07, 6.45) is 6.73. The molecule has 0 spiro atoms. The van der Waals surface area contributed by atoms with Gasteiger partial charge in [-0.1, -0.05) is 15.9 Å². The van der Waals surface area contributed by atoms with Crippen LogP contribution >= 0.6 is 15.9 Å². The summed E-state index contributed by atoms with van der Waals surface area (Å²) in [6, 6.07) is 15.8. The summed E-state index contributed by atoms with van der Waals surface area (Å²) in [5.41, 5.74) is 3.08. The van der Waals surface area contributed by atoms with E-state index in [0.29, 0.717) is 12.1 Å². The van der Waals surface area contributed by atoms with Gasteiger partial charge in [-0.15, -0.1) is 0 Å². The molecule has 152 valence electrons. The molecule has 3 aromatic rings. The van der Waals surface area contributed by atoms with Gasteiger partial charge < -0.3 is 21.7 Å². The van der Waals surface area contributed by atoms with Crippen molar-refractivity contribution in [2.75, 3.05) is 7.11 Å². The van der Waals surface area contributed by atoms with Crippen molar-refractivity contribution in [1.82, 2.24) is 4.57 Å². The number of benzene rings is 2. The van der Waals surface area contributed by atoms with Gasteiger partial charge in [-0.2, -0.15) is 0 Å². The predicted molar refractivity (Wildman–Crippen MR) is 113 cm³/mol. The lowest BCUT2D eigenvalue weighted by molar-refractivity contribution is -0.690. The number of halogens is 2. The van der Waals surface area contributed by atoms with Crippen LogP contribution in [0, 0.1) is 0 Å². The third kappa shape index (κ3) is 4.81. The number of carbonyl (C=O) groups excluding carboxylic acids is 1. The van der Waals surface area contributed by atoms with Crippen molar-refractivity contribution in [2.24, 2.45) is 0 Å². The van der Waals surface area contributed by atoms with E-state index in [4.69, 9.17) is 4.74 Å². The van der Waals surface area contributed by atoms with Gasteiger partial charge in [0.2, 0.25) is 5.78 Å². The Morgan fingerprint density at radius 3 is 2.48 bits per heavy atom. The molecule has 0 amide bonds. The molecule has 0 atom stereocenters. The maximum atomic E-state index is 12.9. The van der Waals surface area contributed by atoms with Crippen molar-refractivity contribution >= 4 is 21.7 Å². The molecule has 0 bridgehead atoms. The lowest BCUT2D eigenvalue weighted by Gasteiger charge is -2.04. The van der Waals surface area contributed by atoms with Gasteiger partial charge in [-0.25, -0.2) is 9.13 Å². The Hall–Kier alpha value is -1.92. The average Bonchev–Trinajstić information content (AvgIpc) is 2.90. The third-order valence-electron chi connectivity index (χ3n) is 5.36. The highest BCUT2D eigenvalue weighted by Crippen LogP contribution is 2.25. The summed E-state index contributed by atoms with van der Waals surface area (Å²) in [6.45, 7) is 1.36. The zero-order valence-electron chi connectivity index (χ0n) is 16.4. The van der Waals surface area contributed by atoms with E-state index in [-0.39, 0.29) is 22.8 Å². The van der Waals surface area contributed by atoms with Crippen LogP contribution in [0.5, 0.6) is 5.75 Å². The Kier molecular flexibility index (Phi) is 7.30. The summed E-state index contributed by atoms with van der Waals surface area (Å²) in [7, 11) is 1.63. The zero-order valence-corrected chi connectivity index (χ0v) is 19.6. The topological polar surface area (TPSA) is 35.1 Å². The van der Waals surface area contributed by atoms with Crippen molar-refractivity contribution < 1.29 is 31.1 Å². The first-order valence-corrected chi connectivity index (χ1v) is 10.5. The first-order chi connectivity index (χ1) is 13.7. The molecule has 0 unspecified atom stereocenters. The first kappa shape index (κ1) is 21.8. The van der Waals surface area contributed by atoms with Crippen LogP contribution in [0.25, 0.3) is 11.3 Å². The van der Waals surface area contributed by atoms with Crippen molar-refractivity contribution in [2.45, 2.75) is 38.8 Å².